The molecule has 2 unspecified atom stereocenters. The first kappa shape index (κ1) is 15.5. The van der Waals surface area contributed by atoms with Gasteiger partial charge in [-0.25, -0.2) is 0 Å². The highest BCUT2D eigenvalue weighted by atomic mass is 16.2. The van der Waals surface area contributed by atoms with E-state index in [2.05, 4.69) is 49.6 Å². The Labute approximate surface area is 133 Å². The SMILES string of the molecule is CC(Cc1ccc2c(c1)CCCC2)NC1C(=O)NCC1(C)C. The first-order valence-corrected chi connectivity index (χ1v) is 8.60. The number of hydrogen-bond acceptors (Lipinski definition) is 2. The summed E-state index contributed by atoms with van der Waals surface area (Å²) in [6, 6.07) is 7.17. The van der Waals surface area contributed by atoms with E-state index in [9.17, 15) is 4.79 Å². The van der Waals surface area contributed by atoms with Crippen molar-refractivity contribution in [2.24, 2.45) is 5.41 Å². The Kier molecular flexibility index (Phi) is 4.26. The number of rotatable bonds is 4. The second kappa shape index (κ2) is 6.04. The van der Waals surface area contributed by atoms with E-state index in [-0.39, 0.29) is 17.4 Å². The highest BCUT2D eigenvalue weighted by Gasteiger charge is 2.41. The molecular weight excluding hydrogens is 272 g/mol. The standard InChI is InChI=1S/C19H28N2O/c1-13(21-17-18(22)20-12-19(17,2)3)10-14-8-9-15-6-4-5-7-16(15)11-14/h8-9,11,13,17,21H,4-7,10,12H2,1-3H3,(H,20,22). The number of benzene rings is 1. The van der Waals surface area contributed by atoms with E-state index in [0.717, 1.165) is 13.0 Å². The molecule has 2 atom stereocenters. The molecule has 2 N–H and O–H groups in total. The Morgan fingerprint density at radius 2 is 2.00 bits per heavy atom. The van der Waals surface area contributed by atoms with Crippen molar-refractivity contribution < 1.29 is 4.79 Å². The predicted molar refractivity (Wildman–Crippen MR) is 90.0 cm³/mol. The zero-order valence-electron chi connectivity index (χ0n) is 14.0. The van der Waals surface area contributed by atoms with Crippen molar-refractivity contribution in [3.8, 4) is 0 Å². The van der Waals surface area contributed by atoms with Crippen molar-refractivity contribution in [2.75, 3.05) is 6.54 Å². The average molecular weight is 300 g/mol. The second-order valence-corrected chi connectivity index (χ2v) is 7.72. The number of carbonyl (C=O) groups is 1. The van der Waals surface area contributed by atoms with Gasteiger partial charge in [0.1, 0.15) is 0 Å². The Hall–Kier alpha value is -1.35. The molecule has 1 aromatic rings. The van der Waals surface area contributed by atoms with Gasteiger partial charge >= 0.3 is 0 Å². The fourth-order valence-electron chi connectivity index (χ4n) is 3.79. The fourth-order valence-corrected chi connectivity index (χ4v) is 3.79. The molecule has 0 radical (unpaired) electrons. The predicted octanol–water partition coefficient (Wildman–Crippen LogP) is 2.61. The van der Waals surface area contributed by atoms with Crippen LogP contribution >= 0.6 is 0 Å². The van der Waals surface area contributed by atoms with Gasteiger partial charge < -0.3 is 10.6 Å². The Bertz CT molecular complexity index is 565. The van der Waals surface area contributed by atoms with Crippen molar-refractivity contribution in [2.45, 2.75) is 65.0 Å². The molecule has 0 aromatic heterocycles. The molecule has 0 saturated carbocycles. The maximum absolute atomic E-state index is 12.0. The van der Waals surface area contributed by atoms with E-state index in [1.54, 1.807) is 0 Å². The molecule has 1 fully saturated rings. The van der Waals surface area contributed by atoms with E-state index < -0.39 is 0 Å². The lowest BCUT2D eigenvalue weighted by Gasteiger charge is -2.28. The smallest absolute Gasteiger partial charge is 0.237 e. The van der Waals surface area contributed by atoms with Crippen LogP contribution in [-0.4, -0.2) is 24.5 Å². The third kappa shape index (κ3) is 3.19. The minimum atomic E-state index is -0.0832. The molecule has 2 aliphatic rings. The molecular formula is C19H28N2O. The van der Waals surface area contributed by atoms with Gasteiger partial charge in [0, 0.05) is 18.0 Å². The van der Waals surface area contributed by atoms with Crippen LogP contribution in [0, 0.1) is 5.41 Å². The molecule has 0 bridgehead atoms. The van der Waals surface area contributed by atoms with Gasteiger partial charge in [-0.2, -0.15) is 0 Å². The van der Waals surface area contributed by atoms with E-state index >= 15 is 0 Å². The van der Waals surface area contributed by atoms with Gasteiger partial charge in [-0.3, -0.25) is 4.79 Å². The number of nitrogens with one attached hydrogen (secondary N) is 2. The lowest BCUT2D eigenvalue weighted by Crippen LogP contribution is -2.48. The minimum Gasteiger partial charge on any atom is -0.354 e. The summed E-state index contributed by atoms with van der Waals surface area (Å²) in [4.78, 5) is 12.0. The molecule has 3 heteroatoms. The molecule has 1 amide bonds. The molecule has 3 rings (SSSR count). The lowest BCUT2D eigenvalue weighted by atomic mass is 9.86. The summed E-state index contributed by atoms with van der Waals surface area (Å²) in [7, 11) is 0. The van der Waals surface area contributed by atoms with Gasteiger partial charge in [-0.1, -0.05) is 32.0 Å². The van der Waals surface area contributed by atoms with Crippen LogP contribution in [0.2, 0.25) is 0 Å². The third-order valence-corrected chi connectivity index (χ3v) is 5.17. The number of fused-ring (bicyclic) bond motifs is 1. The summed E-state index contributed by atoms with van der Waals surface area (Å²) in [6.45, 7) is 7.23. The van der Waals surface area contributed by atoms with Crippen LogP contribution in [0.5, 0.6) is 0 Å². The van der Waals surface area contributed by atoms with Gasteiger partial charge in [-0.05, 0) is 55.7 Å². The number of amides is 1. The summed E-state index contributed by atoms with van der Waals surface area (Å²) in [6.07, 6.45) is 6.09. The van der Waals surface area contributed by atoms with Crippen LogP contribution in [0.15, 0.2) is 18.2 Å². The second-order valence-electron chi connectivity index (χ2n) is 7.72. The largest absolute Gasteiger partial charge is 0.354 e. The van der Waals surface area contributed by atoms with E-state index in [1.165, 1.54) is 42.4 Å². The summed E-state index contributed by atoms with van der Waals surface area (Å²) < 4.78 is 0. The molecule has 1 aliphatic heterocycles. The zero-order valence-corrected chi connectivity index (χ0v) is 14.0. The van der Waals surface area contributed by atoms with Crippen LogP contribution in [0.25, 0.3) is 0 Å². The Balaban J connectivity index is 1.64. The summed E-state index contributed by atoms with van der Waals surface area (Å²) in [5.74, 6) is 0.141. The van der Waals surface area contributed by atoms with Crippen LogP contribution in [0.1, 0.15) is 50.3 Å². The van der Waals surface area contributed by atoms with Crippen molar-refractivity contribution in [3.05, 3.63) is 34.9 Å². The molecule has 22 heavy (non-hydrogen) atoms. The fraction of sp³-hybridized carbons (Fsp3) is 0.632. The van der Waals surface area contributed by atoms with Crippen LogP contribution in [0.3, 0.4) is 0 Å². The lowest BCUT2D eigenvalue weighted by molar-refractivity contribution is -0.121. The van der Waals surface area contributed by atoms with Crippen molar-refractivity contribution in [1.82, 2.24) is 10.6 Å². The molecule has 1 saturated heterocycles. The molecule has 0 spiro atoms. The first-order valence-electron chi connectivity index (χ1n) is 8.60. The van der Waals surface area contributed by atoms with Crippen LogP contribution in [-0.2, 0) is 24.1 Å². The molecule has 1 aliphatic carbocycles. The van der Waals surface area contributed by atoms with Crippen molar-refractivity contribution in [3.63, 3.8) is 0 Å². The monoisotopic (exact) mass is 300 g/mol. The van der Waals surface area contributed by atoms with E-state index in [1.807, 2.05) is 0 Å². The summed E-state index contributed by atoms with van der Waals surface area (Å²) in [5.41, 5.74) is 4.44. The van der Waals surface area contributed by atoms with Gasteiger partial charge in [0.2, 0.25) is 5.91 Å². The van der Waals surface area contributed by atoms with Crippen molar-refractivity contribution >= 4 is 5.91 Å². The number of hydrogen-bond donors (Lipinski definition) is 2. The van der Waals surface area contributed by atoms with Gasteiger partial charge in [0.15, 0.2) is 0 Å². The van der Waals surface area contributed by atoms with E-state index in [0.29, 0.717) is 6.04 Å². The normalized spacial score (nSPS) is 24.7. The topological polar surface area (TPSA) is 41.1 Å². The maximum atomic E-state index is 12.0. The highest BCUT2D eigenvalue weighted by Crippen LogP contribution is 2.26. The number of aryl methyl sites for hydroxylation is 2. The molecule has 120 valence electrons. The summed E-state index contributed by atoms with van der Waals surface area (Å²) >= 11 is 0. The summed E-state index contributed by atoms with van der Waals surface area (Å²) in [5, 5.41) is 6.50. The number of carbonyl (C=O) groups excluding carboxylic acids is 1. The average Bonchev–Trinajstić information content (AvgIpc) is 2.74. The Morgan fingerprint density at radius 1 is 1.27 bits per heavy atom. The van der Waals surface area contributed by atoms with Crippen molar-refractivity contribution in [1.29, 1.82) is 0 Å². The van der Waals surface area contributed by atoms with Gasteiger partial charge in [0.25, 0.3) is 0 Å². The third-order valence-electron chi connectivity index (χ3n) is 5.17. The van der Waals surface area contributed by atoms with Crippen LogP contribution < -0.4 is 10.6 Å². The molecule has 1 aromatic carbocycles. The van der Waals surface area contributed by atoms with Gasteiger partial charge in [0.05, 0.1) is 6.04 Å². The van der Waals surface area contributed by atoms with Gasteiger partial charge in [-0.15, -0.1) is 0 Å². The zero-order chi connectivity index (χ0) is 15.7. The van der Waals surface area contributed by atoms with E-state index in [4.69, 9.17) is 0 Å². The molecule has 3 nitrogen and oxygen atoms in total. The highest BCUT2D eigenvalue weighted by molar-refractivity contribution is 5.85. The molecule has 1 heterocycles. The quantitative estimate of drug-likeness (QED) is 0.897. The van der Waals surface area contributed by atoms with Crippen LogP contribution in [0.4, 0.5) is 0 Å². The first-order chi connectivity index (χ1) is 10.5. The maximum Gasteiger partial charge on any atom is 0.237 e. The Morgan fingerprint density at radius 3 is 2.68 bits per heavy atom. The minimum absolute atomic E-state index is 0.0127.